The van der Waals surface area contributed by atoms with Crippen molar-refractivity contribution in [1.29, 1.82) is 0 Å². The molecule has 0 spiro atoms. The Balaban J connectivity index is 1.38. The first-order valence-corrected chi connectivity index (χ1v) is 12.1. The number of rotatable bonds is 9. The van der Waals surface area contributed by atoms with Gasteiger partial charge in [0.05, 0.1) is 5.92 Å². The number of nitrogens with one attached hydrogen (secondary N) is 1. The third kappa shape index (κ3) is 6.38. The Morgan fingerprint density at radius 1 is 1.24 bits per heavy atom. The second-order valence-electron chi connectivity index (χ2n) is 9.05. The van der Waals surface area contributed by atoms with Gasteiger partial charge in [0.25, 0.3) is 0 Å². The van der Waals surface area contributed by atoms with E-state index in [1.165, 1.54) is 12.8 Å². The number of amides is 1. The van der Waals surface area contributed by atoms with E-state index in [0.29, 0.717) is 25.6 Å². The van der Waals surface area contributed by atoms with Crippen LogP contribution in [-0.4, -0.2) is 73.9 Å². The molecular weight excluding hydrogens is 416 g/mol. The highest BCUT2D eigenvalue weighted by molar-refractivity contribution is 5.79. The summed E-state index contributed by atoms with van der Waals surface area (Å²) in [5, 5.41) is 3.37. The largest absolute Gasteiger partial charge is 0.486 e. The average molecular weight is 453 g/mol. The molecule has 3 aliphatic rings. The Morgan fingerprint density at radius 2 is 2.03 bits per heavy atom. The molecule has 0 saturated carbocycles. The second kappa shape index (κ2) is 11.4. The van der Waals surface area contributed by atoms with Crippen molar-refractivity contribution in [3.8, 4) is 11.5 Å². The predicted molar refractivity (Wildman–Crippen MR) is 131 cm³/mol. The fourth-order valence-electron chi connectivity index (χ4n) is 4.76. The SMILES string of the molecule is C=C(/N=C\C=C/C)N1CC[C@@H](C(=O)NC(Cc2ccc3c(c2)OCCO3)CN2CCCC2)C1. The number of nitrogens with zero attached hydrogens (tertiary/aromatic N) is 3. The predicted octanol–water partition coefficient (Wildman–Crippen LogP) is 3.02. The topological polar surface area (TPSA) is 66.4 Å². The first kappa shape index (κ1) is 23.4. The van der Waals surface area contributed by atoms with Crippen molar-refractivity contribution >= 4 is 12.1 Å². The van der Waals surface area contributed by atoms with Gasteiger partial charge in [-0.05, 0) is 69.5 Å². The molecule has 2 saturated heterocycles. The van der Waals surface area contributed by atoms with Crippen molar-refractivity contribution in [2.75, 3.05) is 45.9 Å². The van der Waals surface area contributed by atoms with Crippen LogP contribution in [0.1, 0.15) is 31.7 Å². The van der Waals surface area contributed by atoms with Crippen LogP contribution < -0.4 is 14.8 Å². The standard InChI is InChI=1S/C26H36N4O3/c1-3-4-10-27-20(2)30-13-9-22(18-30)26(31)28-23(19-29-11-5-6-12-29)16-21-7-8-24-25(17-21)33-15-14-32-24/h3-4,7-8,10,17,22-23H,2,5-6,9,11-16,18-19H2,1H3,(H,28,31)/b4-3-,27-10-/t22-,23?/m1/s1. The highest BCUT2D eigenvalue weighted by atomic mass is 16.6. The number of fused-ring (bicyclic) bond motifs is 1. The minimum Gasteiger partial charge on any atom is -0.486 e. The van der Waals surface area contributed by atoms with E-state index in [-0.39, 0.29) is 17.9 Å². The van der Waals surface area contributed by atoms with Crippen LogP contribution in [-0.2, 0) is 11.2 Å². The number of allylic oxidation sites excluding steroid dienone is 2. The molecule has 7 heteroatoms. The molecule has 1 amide bonds. The summed E-state index contributed by atoms with van der Waals surface area (Å²) in [4.78, 5) is 22.1. The van der Waals surface area contributed by atoms with Crippen LogP contribution in [0, 0.1) is 5.92 Å². The molecule has 178 valence electrons. The molecule has 0 aliphatic carbocycles. The highest BCUT2D eigenvalue weighted by Crippen LogP contribution is 2.31. The van der Waals surface area contributed by atoms with E-state index in [4.69, 9.17) is 9.47 Å². The molecule has 1 unspecified atom stereocenters. The van der Waals surface area contributed by atoms with Crippen molar-refractivity contribution in [3.63, 3.8) is 0 Å². The molecule has 3 aliphatic heterocycles. The van der Waals surface area contributed by atoms with Crippen molar-refractivity contribution in [3.05, 3.63) is 48.3 Å². The van der Waals surface area contributed by atoms with Crippen LogP contribution in [0.3, 0.4) is 0 Å². The smallest absolute Gasteiger partial charge is 0.225 e. The Bertz CT molecular complexity index is 892. The maximum absolute atomic E-state index is 13.2. The molecule has 3 heterocycles. The summed E-state index contributed by atoms with van der Waals surface area (Å²) in [6.07, 6.45) is 9.62. The fourth-order valence-corrected chi connectivity index (χ4v) is 4.76. The number of likely N-dealkylation sites (tertiary alicyclic amines) is 2. The van der Waals surface area contributed by atoms with Crippen molar-refractivity contribution in [1.82, 2.24) is 15.1 Å². The molecule has 0 radical (unpaired) electrons. The van der Waals surface area contributed by atoms with E-state index >= 15 is 0 Å². The van der Waals surface area contributed by atoms with Crippen molar-refractivity contribution in [2.24, 2.45) is 10.9 Å². The Kier molecular flexibility index (Phi) is 8.05. The molecule has 2 atom stereocenters. The van der Waals surface area contributed by atoms with E-state index < -0.39 is 0 Å². The second-order valence-corrected chi connectivity index (χ2v) is 9.05. The number of hydrogen-bond donors (Lipinski definition) is 1. The van der Waals surface area contributed by atoms with Crippen LogP contribution in [0.2, 0.25) is 0 Å². The number of carbonyl (C=O) groups is 1. The number of benzene rings is 1. The Labute approximate surface area is 197 Å². The van der Waals surface area contributed by atoms with E-state index in [9.17, 15) is 4.79 Å². The zero-order valence-electron chi connectivity index (χ0n) is 19.7. The quantitative estimate of drug-likeness (QED) is 0.584. The Hall–Kier alpha value is -2.80. The van der Waals surface area contributed by atoms with Gasteiger partial charge in [-0.15, -0.1) is 0 Å². The number of ether oxygens (including phenoxy) is 2. The lowest BCUT2D eigenvalue weighted by atomic mass is 10.0. The first-order valence-electron chi connectivity index (χ1n) is 12.1. The van der Waals surface area contributed by atoms with E-state index in [1.54, 1.807) is 6.21 Å². The van der Waals surface area contributed by atoms with Gasteiger partial charge in [0.2, 0.25) is 5.91 Å². The van der Waals surface area contributed by atoms with Crippen LogP contribution in [0.5, 0.6) is 11.5 Å². The molecule has 2 fully saturated rings. The summed E-state index contributed by atoms with van der Waals surface area (Å²) in [7, 11) is 0. The average Bonchev–Trinajstić information content (AvgIpc) is 3.51. The molecular formula is C26H36N4O3. The monoisotopic (exact) mass is 452 g/mol. The van der Waals surface area contributed by atoms with Crippen molar-refractivity contribution in [2.45, 2.75) is 38.6 Å². The summed E-state index contributed by atoms with van der Waals surface area (Å²) in [6.45, 7) is 11.7. The zero-order valence-corrected chi connectivity index (χ0v) is 19.7. The van der Waals surface area contributed by atoms with Gasteiger partial charge >= 0.3 is 0 Å². The van der Waals surface area contributed by atoms with E-state index in [0.717, 1.165) is 56.1 Å². The number of hydrogen-bond acceptors (Lipinski definition) is 6. The summed E-state index contributed by atoms with van der Waals surface area (Å²) >= 11 is 0. The van der Waals surface area contributed by atoms with Gasteiger partial charge in [0.1, 0.15) is 19.0 Å². The van der Waals surface area contributed by atoms with Crippen LogP contribution in [0.25, 0.3) is 0 Å². The molecule has 4 rings (SSSR count). The molecule has 7 nitrogen and oxygen atoms in total. The van der Waals surface area contributed by atoms with E-state index in [2.05, 4.69) is 38.8 Å². The molecule has 1 aromatic carbocycles. The van der Waals surface area contributed by atoms with Crippen LogP contribution in [0.15, 0.2) is 47.7 Å². The zero-order chi connectivity index (χ0) is 23.0. The highest BCUT2D eigenvalue weighted by Gasteiger charge is 2.31. The first-order chi connectivity index (χ1) is 16.1. The van der Waals surface area contributed by atoms with Crippen LogP contribution in [0.4, 0.5) is 0 Å². The Morgan fingerprint density at radius 3 is 2.82 bits per heavy atom. The lowest BCUT2D eigenvalue weighted by molar-refractivity contribution is -0.125. The molecule has 1 aromatic rings. The molecule has 33 heavy (non-hydrogen) atoms. The van der Waals surface area contributed by atoms with Crippen molar-refractivity contribution < 1.29 is 14.3 Å². The van der Waals surface area contributed by atoms with Gasteiger partial charge in [-0.25, -0.2) is 4.99 Å². The third-order valence-electron chi connectivity index (χ3n) is 6.54. The lowest BCUT2D eigenvalue weighted by Gasteiger charge is -2.26. The maximum Gasteiger partial charge on any atom is 0.225 e. The van der Waals surface area contributed by atoms with Gasteiger partial charge in [-0.2, -0.15) is 0 Å². The van der Waals surface area contributed by atoms with Gasteiger partial charge < -0.3 is 24.6 Å². The van der Waals surface area contributed by atoms with Crippen LogP contribution >= 0.6 is 0 Å². The number of aliphatic imine (C=N–C) groups is 1. The summed E-state index contributed by atoms with van der Waals surface area (Å²) in [6, 6.07) is 6.18. The number of carbonyl (C=O) groups excluding carboxylic acids is 1. The minimum atomic E-state index is -0.0417. The molecule has 1 N–H and O–H groups in total. The van der Waals surface area contributed by atoms with Gasteiger partial charge in [0, 0.05) is 31.9 Å². The minimum absolute atomic E-state index is 0.0417. The lowest BCUT2D eigenvalue weighted by Crippen LogP contribution is -2.46. The summed E-state index contributed by atoms with van der Waals surface area (Å²) < 4.78 is 11.4. The normalized spacial score (nSPS) is 21.7. The fraction of sp³-hybridized carbons (Fsp3) is 0.538. The maximum atomic E-state index is 13.2. The third-order valence-corrected chi connectivity index (χ3v) is 6.54. The summed E-state index contributed by atoms with van der Waals surface area (Å²) in [5.41, 5.74) is 1.16. The van der Waals surface area contributed by atoms with E-state index in [1.807, 2.05) is 25.1 Å². The molecule has 0 bridgehead atoms. The van der Waals surface area contributed by atoms with Gasteiger partial charge in [0.15, 0.2) is 11.5 Å². The summed E-state index contributed by atoms with van der Waals surface area (Å²) in [5.74, 6) is 2.40. The van der Waals surface area contributed by atoms with Gasteiger partial charge in [-0.1, -0.05) is 18.7 Å². The van der Waals surface area contributed by atoms with Gasteiger partial charge in [-0.3, -0.25) is 4.79 Å². The molecule has 0 aromatic heterocycles.